The second-order valence-corrected chi connectivity index (χ2v) is 8.06. The molecule has 1 aliphatic carbocycles. The van der Waals surface area contributed by atoms with Crippen molar-refractivity contribution in [1.82, 2.24) is 0 Å². The van der Waals surface area contributed by atoms with Gasteiger partial charge in [0.15, 0.2) is 0 Å². The Morgan fingerprint density at radius 3 is 2.27 bits per heavy atom. The van der Waals surface area contributed by atoms with Crippen LogP contribution in [0.3, 0.4) is 0 Å². The SMILES string of the molecule is CC1(C)CCC(O)(CCCS(C)(=O)=O)C1. The summed E-state index contributed by atoms with van der Waals surface area (Å²) in [5, 5.41) is 10.2. The molecule has 15 heavy (non-hydrogen) atoms. The number of sulfone groups is 1. The fourth-order valence-corrected chi connectivity index (χ4v) is 3.18. The molecule has 1 rings (SSSR count). The Balaban J connectivity index is 2.40. The minimum Gasteiger partial charge on any atom is -0.390 e. The van der Waals surface area contributed by atoms with Crippen LogP contribution in [0.1, 0.15) is 46.0 Å². The molecular formula is C11H22O3S. The topological polar surface area (TPSA) is 54.4 Å². The molecule has 1 unspecified atom stereocenters. The Labute approximate surface area is 92.8 Å². The molecule has 1 atom stereocenters. The van der Waals surface area contributed by atoms with Gasteiger partial charge in [-0.05, 0) is 37.5 Å². The van der Waals surface area contributed by atoms with Crippen molar-refractivity contribution >= 4 is 9.84 Å². The zero-order chi connectivity index (χ0) is 11.7. The molecule has 3 nitrogen and oxygen atoms in total. The van der Waals surface area contributed by atoms with Crippen molar-refractivity contribution in [2.24, 2.45) is 5.41 Å². The Hall–Kier alpha value is -0.0900. The first-order valence-corrected chi connectivity index (χ1v) is 7.58. The molecule has 0 radical (unpaired) electrons. The summed E-state index contributed by atoms with van der Waals surface area (Å²) in [6.45, 7) is 4.31. The molecule has 0 aliphatic heterocycles. The number of rotatable bonds is 4. The minimum atomic E-state index is -2.88. The molecule has 1 aliphatic rings. The highest BCUT2D eigenvalue weighted by Gasteiger charge is 2.41. The van der Waals surface area contributed by atoms with Gasteiger partial charge in [0.05, 0.1) is 5.60 Å². The van der Waals surface area contributed by atoms with E-state index >= 15 is 0 Å². The normalized spacial score (nSPS) is 30.7. The quantitative estimate of drug-likeness (QED) is 0.806. The maximum atomic E-state index is 11.0. The molecule has 90 valence electrons. The largest absolute Gasteiger partial charge is 0.390 e. The smallest absolute Gasteiger partial charge is 0.147 e. The Morgan fingerprint density at radius 2 is 1.87 bits per heavy atom. The average molecular weight is 234 g/mol. The third kappa shape index (κ3) is 4.51. The summed E-state index contributed by atoms with van der Waals surface area (Å²) in [4.78, 5) is 0. The summed E-state index contributed by atoms with van der Waals surface area (Å²) >= 11 is 0. The van der Waals surface area contributed by atoms with Crippen LogP contribution < -0.4 is 0 Å². The number of hydrogen-bond acceptors (Lipinski definition) is 3. The Bertz CT molecular complexity index is 319. The lowest BCUT2D eigenvalue weighted by atomic mass is 9.87. The van der Waals surface area contributed by atoms with E-state index in [4.69, 9.17) is 0 Å². The van der Waals surface area contributed by atoms with Crippen LogP contribution in [0.5, 0.6) is 0 Å². The van der Waals surface area contributed by atoms with Crippen molar-refractivity contribution in [2.45, 2.75) is 51.6 Å². The molecule has 1 saturated carbocycles. The van der Waals surface area contributed by atoms with E-state index in [9.17, 15) is 13.5 Å². The lowest BCUT2D eigenvalue weighted by molar-refractivity contribution is 0.0284. The number of aliphatic hydroxyl groups is 1. The van der Waals surface area contributed by atoms with Crippen molar-refractivity contribution in [3.8, 4) is 0 Å². The van der Waals surface area contributed by atoms with Crippen LogP contribution >= 0.6 is 0 Å². The van der Waals surface area contributed by atoms with Crippen molar-refractivity contribution in [3.63, 3.8) is 0 Å². The van der Waals surface area contributed by atoms with E-state index in [1.54, 1.807) is 0 Å². The van der Waals surface area contributed by atoms with Gasteiger partial charge in [0.1, 0.15) is 9.84 Å². The highest BCUT2D eigenvalue weighted by molar-refractivity contribution is 7.90. The number of hydrogen-bond donors (Lipinski definition) is 1. The highest BCUT2D eigenvalue weighted by Crippen LogP contribution is 2.45. The third-order valence-electron chi connectivity index (χ3n) is 3.23. The first-order valence-electron chi connectivity index (χ1n) is 5.52. The second-order valence-electron chi connectivity index (χ2n) is 5.80. The van der Waals surface area contributed by atoms with Gasteiger partial charge in [-0.15, -0.1) is 0 Å². The molecule has 4 heteroatoms. The fraction of sp³-hybridized carbons (Fsp3) is 1.00. The van der Waals surface area contributed by atoms with E-state index in [1.165, 1.54) is 6.26 Å². The van der Waals surface area contributed by atoms with Gasteiger partial charge in [-0.2, -0.15) is 0 Å². The summed E-state index contributed by atoms with van der Waals surface area (Å²) in [7, 11) is -2.88. The van der Waals surface area contributed by atoms with Crippen LogP contribution in [-0.4, -0.2) is 31.1 Å². The molecule has 0 aromatic carbocycles. The van der Waals surface area contributed by atoms with Crippen LogP contribution in [0.15, 0.2) is 0 Å². The first-order chi connectivity index (χ1) is 6.62. The van der Waals surface area contributed by atoms with E-state index in [0.717, 1.165) is 19.3 Å². The van der Waals surface area contributed by atoms with Gasteiger partial charge in [-0.3, -0.25) is 0 Å². The molecule has 0 saturated heterocycles. The van der Waals surface area contributed by atoms with Crippen molar-refractivity contribution in [2.75, 3.05) is 12.0 Å². The summed E-state index contributed by atoms with van der Waals surface area (Å²) in [6, 6.07) is 0. The van der Waals surface area contributed by atoms with Crippen LogP contribution in [-0.2, 0) is 9.84 Å². The molecule has 1 N–H and O–H groups in total. The van der Waals surface area contributed by atoms with Crippen molar-refractivity contribution < 1.29 is 13.5 Å². The summed E-state index contributed by atoms with van der Waals surface area (Å²) in [6.07, 6.45) is 5.07. The van der Waals surface area contributed by atoms with Gasteiger partial charge in [0.25, 0.3) is 0 Å². The van der Waals surface area contributed by atoms with Crippen molar-refractivity contribution in [1.29, 1.82) is 0 Å². The van der Waals surface area contributed by atoms with E-state index in [2.05, 4.69) is 13.8 Å². The first kappa shape index (κ1) is 13.0. The molecule has 0 amide bonds. The molecule has 0 spiro atoms. The highest BCUT2D eigenvalue weighted by atomic mass is 32.2. The minimum absolute atomic E-state index is 0.190. The maximum absolute atomic E-state index is 11.0. The fourth-order valence-electron chi connectivity index (χ4n) is 2.52. The molecule has 1 fully saturated rings. The van der Waals surface area contributed by atoms with E-state index in [0.29, 0.717) is 12.8 Å². The monoisotopic (exact) mass is 234 g/mol. The predicted octanol–water partition coefficient (Wildman–Crippen LogP) is 1.75. The lowest BCUT2D eigenvalue weighted by Gasteiger charge is -2.24. The van der Waals surface area contributed by atoms with Crippen LogP contribution in [0.4, 0.5) is 0 Å². The van der Waals surface area contributed by atoms with Gasteiger partial charge in [-0.25, -0.2) is 8.42 Å². The molecule has 0 aromatic rings. The van der Waals surface area contributed by atoms with E-state index < -0.39 is 15.4 Å². The standard InChI is InChI=1S/C11H22O3S/c1-10(2)6-7-11(12,9-10)5-4-8-15(3,13)14/h12H,4-9H2,1-3H3. The van der Waals surface area contributed by atoms with Gasteiger partial charge in [-0.1, -0.05) is 13.8 Å². The Morgan fingerprint density at radius 1 is 1.27 bits per heavy atom. The molecule has 0 heterocycles. The second kappa shape index (κ2) is 4.06. The molecule has 0 aromatic heterocycles. The van der Waals surface area contributed by atoms with Crippen LogP contribution in [0, 0.1) is 5.41 Å². The molecular weight excluding hydrogens is 212 g/mol. The molecule has 0 bridgehead atoms. The van der Waals surface area contributed by atoms with Crippen LogP contribution in [0.2, 0.25) is 0 Å². The third-order valence-corrected chi connectivity index (χ3v) is 4.26. The maximum Gasteiger partial charge on any atom is 0.147 e. The van der Waals surface area contributed by atoms with Gasteiger partial charge >= 0.3 is 0 Å². The predicted molar refractivity (Wildman–Crippen MR) is 61.5 cm³/mol. The summed E-state index contributed by atoms with van der Waals surface area (Å²) < 4.78 is 21.9. The van der Waals surface area contributed by atoms with Gasteiger partial charge < -0.3 is 5.11 Å². The zero-order valence-electron chi connectivity index (χ0n) is 9.91. The van der Waals surface area contributed by atoms with E-state index in [-0.39, 0.29) is 11.2 Å². The van der Waals surface area contributed by atoms with Gasteiger partial charge in [0.2, 0.25) is 0 Å². The zero-order valence-corrected chi connectivity index (χ0v) is 10.7. The Kier molecular flexibility index (Phi) is 3.51. The summed E-state index contributed by atoms with van der Waals surface area (Å²) in [5.74, 6) is 0.190. The summed E-state index contributed by atoms with van der Waals surface area (Å²) in [5.41, 5.74) is -0.409. The van der Waals surface area contributed by atoms with Gasteiger partial charge in [0, 0.05) is 12.0 Å². The van der Waals surface area contributed by atoms with Crippen molar-refractivity contribution in [3.05, 3.63) is 0 Å². The lowest BCUT2D eigenvalue weighted by Crippen LogP contribution is -2.26. The van der Waals surface area contributed by atoms with E-state index in [1.807, 2.05) is 0 Å². The van der Waals surface area contributed by atoms with Crippen LogP contribution in [0.25, 0.3) is 0 Å². The average Bonchev–Trinajstić information content (AvgIpc) is 2.23.